The maximum absolute atomic E-state index is 14.4. The zero-order chi connectivity index (χ0) is 20.8. The number of pyridine rings is 1. The quantitative estimate of drug-likeness (QED) is 0.607. The third-order valence-corrected chi connectivity index (χ3v) is 5.84. The molecule has 2 aliphatic rings. The molecule has 30 heavy (non-hydrogen) atoms. The van der Waals surface area contributed by atoms with E-state index in [1.165, 1.54) is 6.07 Å². The maximum Gasteiger partial charge on any atom is 0.261 e. The molecule has 0 saturated carbocycles. The third kappa shape index (κ3) is 3.09. The van der Waals surface area contributed by atoms with Crippen molar-refractivity contribution in [2.24, 2.45) is 0 Å². The second-order valence-electron chi connectivity index (χ2n) is 7.82. The highest BCUT2D eigenvalue weighted by atomic mass is 19.1. The Balaban J connectivity index is 1.58. The second-order valence-corrected chi connectivity index (χ2v) is 7.82. The number of aromatic nitrogens is 3. The number of likely N-dealkylation sites (N-methyl/N-ethyl adjacent to an activating group) is 1. The number of fused-ring (bicyclic) bond motifs is 2. The molecule has 1 fully saturated rings. The van der Waals surface area contributed by atoms with Gasteiger partial charge >= 0.3 is 0 Å². The normalized spacial score (nSPS) is 17.1. The molecule has 2 aromatic heterocycles. The fraction of sp³-hybridized carbons (Fsp3) is 0.273. The number of benzene rings is 1. The Labute approximate surface area is 172 Å². The first kappa shape index (κ1) is 18.6. The van der Waals surface area contributed by atoms with Gasteiger partial charge in [0.05, 0.1) is 22.3 Å². The molecule has 154 valence electrons. The number of H-pyrrole nitrogens is 2. The standard InChI is InChI=1S/C22H23FN6O/c1-28-8-10-29(11-9-28)13-4-2-6-15-17(12-13)26-21(25-15)19-20(24)18-14(23)5-3-7-16(18)27-22(19)30/h2-5,7,12H,6,8-11H2,1H3,(H,25,26)(H3,24,27,30). The molecule has 1 aromatic carbocycles. The number of halogens is 1. The number of nitrogens with one attached hydrogen (secondary N) is 2. The molecule has 8 heteroatoms. The van der Waals surface area contributed by atoms with Crippen LogP contribution in [0.1, 0.15) is 11.4 Å². The van der Waals surface area contributed by atoms with E-state index in [0.29, 0.717) is 17.8 Å². The molecular formula is C22H23FN6O. The number of anilines is 1. The Kier molecular flexibility index (Phi) is 4.43. The number of aromatic amines is 2. The molecule has 5 rings (SSSR count). The molecule has 1 aliphatic heterocycles. The summed E-state index contributed by atoms with van der Waals surface area (Å²) in [6.45, 7) is 3.93. The predicted molar refractivity (Wildman–Crippen MR) is 116 cm³/mol. The SMILES string of the molecule is CN1CCN(C2=Cc3nc(-c4c(N)c5c(F)cccc5[nH]c4=O)[nH]c3CC=C2)CC1. The van der Waals surface area contributed by atoms with Crippen molar-refractivity contribution in [3.8, 4) is 11.4 Å². The van der Waals surface area contributed by atoms with E-state index in [9.17, 15) is 9.18 Å². The molecular weight excluding hydrogens is 383 g/mol. The molecule has 3 heterocycles. The van der Waals surface area contributed by atoms with Gasteiger partial charge in [-0.25, -0.2) is 9.37 Å². The zero-order valence-electron chi connectivity index (χ0n) is 16.7. The summed E-state index contributed by atoms with van der Waals surface area (Å²) < 4.78 is 14.4. The average molecular weight is 406 g/mol. The Morgan fingerprint density at radius 2 is 1.97 bits per heavy atom. The van der Waals surface area contributed by atoms with Crippen LogP contribution in [0.2, 0.25) is 0 Å². The first-order chi connectivity index (χ1) is 14.5. The summed E-state index contributed by atoms with van der Waals surface area (Å²) in [7, 11) is 2.13. The van der Waals surface area contributed by atoms with Gasteiger partial charge in [-0.05, 0) is 31.3 Å². The molecule has 1 aliphatic carbocycles. The lowest BCUT2D eigenvalue weighted by Crippen LogP contribution is -2.43. The van der Waals surface area contributed by atoms with Crippen LogP contribution in [0.25, 0.3) is 28.4 Å². The van der Waals surface area contributed by atoms with Crippen molar-refractivity contribution in [2.75, 3.05) is 39.0 Å². The number of hydrogen-bond donors (Lipinski definition) is 3. The molecule has 7 nitrogen and oxygen atoms in total. The first-order valence-corrected chi connectivity index (χ1v) is 10.0. The van der Waals surface area contributed by atoms with Crippen LogP contribution < -0.4 is 11.3 Å². The predicted octanol–water partition coefficient (Wildman–Crippen LogP) is 2.34. The Bertz CT molecular complexity index is 1250. The van der Waals surface area contributed by atoms with Gasteiger partial charge in [-0.1, -0.05) is 12.1 Å². The Morgan fingerprint density at radius 3 is 2.77 bits per heavy atom. The number of piperazine rings is 1. The number of nitrogens with zero attached hydrogens (tertiary/aromatic N) is 3. The Morgan fingerprint density at radius 1 is 1.17 bits per heavy atom. The highest BCUT2D eigenvalue weighted by Crippen LogP contribution is 2.30. The van der Waals surface area contributed by atoms with Gasteiger partial charge in [0.1, 0.15) is 17.2 Å². The number of nitrogen functional groups attached to an aromatic ring is 1. The summed E-state index contributed by atoms with van der Waals surface area (Å²) in [6, 6.07) is 4.50. The largest absolute Gasteiger partial charge is 0.397 e. The zero-order valence-corrected chi connectivity index (χ0v) is 16.7. The lowest BCUT2D eigenvalue weighted by Gasteiger charge is -2.34. The van der Waals surface area contributed by atoms with E-state index in [1.807, 2.05) is 6.08 Å². The number of imidazole rings is 1. The van der Waals surface area contributed by atoms with Crippen LogP contribution >= 0.6 is 0 Å². The summed E-state index contributed by atoms with van der Waals surface area (Å²) in [5.74, 6) is -0.121. The van der Waals surface area contributed by atoms with Crippen molar-refractivity contribution in [1.29, 1.82) is 0 Å². The molecule has 0 radical (unpaired) electrons. The van der Waals surface area contributed by atoms with Crippen LogP contribution in [0.15, 0.2) is 40.8 Å². The van der Waals surface area contributed by atoms with Gasteiger partial charge < -0.3 is 25.5 Å². The molecule has 3 aromatic rings. The van der Waals surface area contributed by atoms with Gasteiger partial charge in [-0.2, -0.15) is 0 Å². The van der Waals surface area contributed by atoms with Crippen molar-refractivity contribution in [1.82, 2.24) is 24.8 Å². The summed E-state index contributed by atoms with van der Waals surface area (Å²) in [5, 5.41) is 0.201. The van der Waals surface area contributed by atoms with Crippen LogP contribution in [-0.2, 0) is 6.42 Å². The maximum atomic E-state index is 14.4. The monoisotopic (exact) mass is 406 g/mol. The first-order valence-electron chi connectivity index (χ1n) is 10.0. The van der Waals surface area contributed by atoms with Crippen LogP contribution in [0.5, 0.6) is 0 Å². The number of rotatable bonds is 2. The molecule has 4 N–H and O–H groups in total. The van der Waals surface area contributed by atoms with Crippen molar-refractivity contribution in [3.63, 3.8) is 0 Å². The summed E-state index contributed by atoms with van der Waals surface area (Å²) in [4.78, 5) is 28.0. The molecule has 0 bridgehead atoms. The molecule has 0 unspecified atom stereocenters. The lowest BCUT2D eigenvalue weighted by molar-refractivity contribution is 0.191. The van der Waals surface area contributed by atoms with E-state index < -0.39 is 11.4 Å². The van der Waals surface area contributed by atoms with Gasteiger partial charge in [0.15, 0.2) is 0 Å². The van der Waals surface area contributed by atoms with Crippen LogP contribution in [0, 0.1) is 5.82 Å². The third-order valence-electron chi connectivity index (χ3n) is 5.84. The number of allylic oxidation sites excluding steroid dienone is 2. The van der Waals surface area contributed by atoms with E-state index >= 15 is 0 Å². The molecule has 0 atom stereocenters. The Hall–Kier alpha value is -3.39. The minimum absolute atomic E-state index is 0.0922. The van der Waals surface area contributed by atoms with Gasteiger partial charge in [0.25, 0.3) is 5.56 Å². The second kappa shape index (κ2) is 7.14. The average Bonchev–Trinajstić information content (AvgIpc) is 2.99. The van der Waals surface area contributed by atoms with Crippen molar-refractivity contribution in [3.05, 3.63) is 63.6 Å². The van der Waals surface area contributed by atoms with Crippen molar-refractivity contribution < 1.29 is 4.39 Å². The summed E-state index contributed by atoms with van der Waals surface area (Å²) in [6.07, 6.45) is 6.91. The number of hydrogen-bond acceptors (Lipinski definition) is 5. The van der Waals surface area contributed by atoms with Gasteiger partial charge in [0, 0.05) is 44.0 Å². The minimum Gasteiger partial charge on any atom is -0.397 e. The smallest absolute Gasteiger partial charge is 0.261 e. The van der Waals surface area contributed by atoms with Gasteiger partial charge in [-0.15, -0.1) is 0 Å². The van der Waals surface area contributed by atoms with E-state index in [2.05, 4.69) is 44.0 Å². The highest BCUT2D eigenvalue weighted by molar-refractivity contribution is 5.97. The summed E-state index contributed by atoms with van der Waals surface area (Å²) >= 11 is 0. The number of nitrogens with two attached hydrogens (primary N) is 1. The van der Waals surface area contributed by atoms with Gasteiger partial charge in [0.2, 0.25) is 0 Å². The van der Waals surface area contributed by atoms with Crippen molar-refractivity contribution >= 4 is 22.7 Å². The lowest BCUT2D eigenvalue weighted by atomic mass is 10.1. The van der Waals surface area contributed by atoms with Crippen LogP contribution in [-0.4, -0.2) is 58.0 Å². The molecule has 1 saturated heterocycles. The van der Waals surface area contributed by atoms with Crippen molar-refractivity contribution in [2.45, 2.75) is 6.42 Å². The molecule has 0 amide bonds. The fourth-order valence-electron chi connectivity index (χ4n) is 4.13. The van der Waals surface area contributed by atoms with Crippen LogP contribution in [0.3, 0.4) is 0 Å². The summed E-state index contributed by atoms with van der Waals surface area (Å²) in [5.41, 5.74) is 9.25. The van der Waals surface area contributed by atoms with Crippen LogP contribution in [0.4, 0.5) is 10.1 Å². The van der Waals surface area contributed by atoms with E-state index in [4.69, 9.17) is 5.73 Å². The fourth-order valence-corrected chi connectivity index (χ4v) is 4.13. The van der Waals surface area contributed by atoms with Gasteiger partial charge in [-0.3, -0.25) is 4.79 Å². The highest BCUT2D eigenvalue weighted by Gasteiger charge is 2.21. The van der Waals surface area contributed by atoms with E-state index in [-0.39, 0.29) is 16.6 Å². The topological polar surface area (TPSA) is 94.0 Å². The minimum atomic E-state index is -0.476. The van der Waals surface area contributed by atoms with E-state index in [0.717, 1.165) is 43.3 Å². The van der Waals surface area contributed by atoms with E-state index in [1.54, 1.807) is 12.1 Å². The molecule has 0 spiro atoms.